The number of allylic oxidation sites excluding steroid dienone is 2. The van der Waals surface area contributed by atoms with E-state index < -0.39 is 8.56 Å². The molecule has 0 spiro atoms. The maximum Gasteiger partial charge on any atom is 0.338 e. The van der Waals surface area contributed by atoms with Crippen molar-refractivity contribution in [3.05, 3.63) is 12.2 Å². The van der Waals surface area contributed by atoms with Crippen molar-refractivity contribution < 1.29 is 8.85 Å². The van der Waals surface area contributed by atoms with Crippen LogP contribution in [0.25, 0.3) is 0 Å². The standard InChI is InChI=1S/C11H24O2Si/c1-5-6-7-8-9-10-11-14(4,12-2)13-3/h9-10H,5-8,11H2,1-4H3. The van der Waals surface area contributed by atoms with Gasteiger partial charge in [0.1, 0.15) is 0 Å². The van der Waals surface area contributed by atoms with Gasteiger partial charge in [-0.3, -0.25) is 0 Å². The minimum absolute atomic E-state index is 0.951. The molecule has 0 rings (SSSR count). The molecule has 0 bridgehead atoms. The van der Waals surface area contributed by atoms with Crippen LogP contribution in [-0.4, -0.2) is 22.8 Å². The Morgan fingerprint density at radius 3 is 2.21 bits per heavy atom. The van der Waals surface area contributed by atoms with Gasteiger partial charge in [-0.15, -0.1) is 0 Å². The molecule has 0 aromatic rings. The third kappa shape index (κ3) is 6.35. The van der Waals surface area contributed by atoms with Gasteiger partial charge < -0.3 is 8.85 Å². The Bertz CT molecular complexity index is 153. The highest BCUT2D eigenvalue weighted by Gasteiger charge is 2.26. The molecular formula is C11H24O2Si. The molecule has 84 valence electrons. The van der Waals surface area contributed by atoms with Gasteiger partial charge in [-0.2, -0.15) is 0 Å². The summed E-state index contributed by atoms with van der Waals surface area (Å²) in [6.07, 6.45) is 9.55. The Balaban J connectivity index is 3.58. The van der Waals surface area contributed by atoms with Crippen LogP contribution >= 0.6 is 0 Å². The topological polar surface area (TPSA) is 18.5 Å². The molecule has 0 aromatic carbocycles. The van der Waals surface area contributed by atoms with Gasteiger partial charge in [-0.1, -0.05) is 31.9 Å². The summed E-state index contributed by atoms with van der Waals surface area (Å²) >= 11 is 0. The molecule has 0 heterocycles. The summed E-state index contributed by atoms with van der Waals surface area (Å²) in [4.78, 5) is 0. The largest absolute Gasteiger partial charge is 0.398 e. The molecule has 0 atom stereocenters. The smallest absolute Gasteiger partial charge is 0.338 e. The van der Waals surface area contributed by atoms with Gasteiger partial charge in [0, 0.05) is 20.3 Å². The average Bonchev–Trinajstić information content (AvgIpc) is 2.23. The van der Waals surface area contributed by atoms with E-state index in [1.54, 1.807) is 14.2 Å². The van der Waals surface area contributed by atoms with Gasteiger partial charge in [0.05, 0.1) is 0 Å². The van der Waals surface area contributed by atoms with E-state index in [9.17, 15) is 0 Å². The Hall–Kier alpha value is -0.123. The number of rotatable bonds is 8. The first-order valence-corrected chi connectivity index (χ1v) is 7.96. The average molecular weight is 216 g/mol. The van der Waals surface area contributed by atoms with E-state index in [4.69, 9.17) is 8.85 Å². The third-order valence-corrected chi connectivity index (χ3v) is 5.20. The van der Waals surface area contributed by atoms with Crippen molar-refractivity contribution in [3.63, 3.8) is 0 Å². The molecule has 0 N–H and O–H groups in total. The van der Waals surface area contributed by atoms with Crippen molar-refractivity contribution in [2.75, 3.05) is 14.2 Å². The highest BCUT2D eigenvalue weighted by molar-refractivity contribution is 6.66. The fourth-order valence-electron chi connectivity index (χ4n) is 1.18. The molecule has 0 radical (unpaired) electrons. The molecule has 0 aromatic heterocycles. The van der Waals surface area contributed by atoms with Crippen LogP contribution in [0.1, 0.15) is 32.6 Å². The minimum Gasteiger partial charge on any atom is -0.398 e. The lowest BCUT2D eigenvalue weighted by Gasteiger charge is -2.20. The van der Waals surface area contributed by atoms with Gasteiger partial charge in [-0.25, -0.2) is 0 Å². The van der Waals surface area contributed by atoms with Crippen LogP contribution in [-0.2, 0) is 8.85 Å². The second-order valence-corrected chi connectivity index (χ2v) is 7.21. The monoisotopic (exact) mass is 216 g/mol. The zero-order valence-electron chi connectivity index (χ0n) is 10.0. The fraction of sp³-hybridized carbons (Fsp3) is 0.818. The molecular weight excluding hydrogens is 192 g/mol. The molecule has 3 heteroatoms. The third-order valence-electron chi connectivity index (χ3n) is 2.49. The van der Waals surface area contributed by atoms with E-state index >= 15 is 0 Å². The lowest BCUT2D eigenvalue weighted by atomic mass is 10.2. The fourth-order valence-corrected chi connectivity index (χ4v) is 2.27. The highest BCUT2D eigenvalue weighted by Crippen LogP contribution is 2.12. The lowest BCUT2D eigenvalue weighted by molar-refractivity contribution is 0.253. The van der Waals surface area contributed by atoms with E-state index in [2.05, 4.69) is 25.6 Å². The van der Waals surface area contributed by atoms with Crippen LogP contribution in [0.3, 0.4) is 0 Å². The normalized spacial score (nSPS) is 12.6. The SMILES string of the molecule is CCCCCC=CC[Si](C)(OC)OC. The quantitative estimate of drug-likeness (QED) is 0.351. The predicted octanol–water partition coefficient (Wildman–Crippen LogP) is 3.49. The molecule has 0 amide bonds. The van der Waals surface area contributed by atoms with Gasteiger partial charge in [0.2, 0.25) is 0 Å². The van der Waals surface area contributed by atoms with Crippen LogP contribution in [0.2, 0.25) is 12.6 Å². The van der Waals surface area contributed by atoms with Gasteiger partial charge in [0.15, 0.2) is 0 Å². The predicted molar refractivity (Wildman–Crippen MR) is 63.7 cm³/mol. The molecule has 0 aliphatic rings. The summed E-state index contributed by atoms with van der Waals surface area (Å²) < 4.78 is 10.8. The molecule has 0 aliphatic carbocycles. The molecule has 0 fully saturated rings. The number of hydrogen-bond donors (Lipinski definition) is 0. The summed E-state index contributed by atoms with van der Waals surface area (Å²) in [5.41, 5.74) is 0. The van der Waals surface area contributed by atoms with E-state index in [-0.39, 0.29) is 0 Å². The molecule has 0 unspecified atom stereocenters. The van der Waals surface area contributed by atoms with Crippen LogP contribution in [0.5, 0.6) is 0 Å². The first-order chi connectivity index (χ1) is 6.68. The van der Waals surface area contributed by atoms with Crippen molar-refractivity contribution in [1.82, 2.24) is 0 Å². The summed E-state index contributed by atoms with van der Waals surface area (Å²) in [7, 11) is 1.62. The van der Waals surface area contributed by atoms with Crippen molar-refractivity contribution >= 4 is 8.56 Å². The van der Waals surface area contributed by atoms with Crippen LogP contribution in [0.15, 0.2) is 12.2 Å². The zero-order chi connectivity index (χ0) is 10.9. The van der Waals surface area contributed by atoms with E-state index in [0.29, 0.717) is 0 Å². The minimum atomic E-state index is -1.85. The van der Waals surface area contributed by atoms with Gasteiger partial charge in [-0.05, 0) is 19.4 Å². The Morgan fingerprint density at radius 1 is 1.07 bits per heavy atom. The summed E-state index contributed by atoms with van der Waals surface area (Å²) in [6.45, 7) is 4.31. The molecule has 0 saturated heterocycles. The van der Waals surface area contributed by atoms with Crippen molar-refractivity contribution in [2.24, 2.45) is 0 Å². The Kier molecular flexibility index (Phi) is 8.13. The van der Waals surface area contributed by atoms with Gasteiger partial charge in [0.25, 0.3) is 0 Å². The number of unbranched alkanes of at least 4 members (excludes halogenated alkanes) is 3. The molecule has 0 saturated carbocycles. The second-order valence-electron chi connectivity index (χ2n) is 3.71. The van der Waals surface area contributed by atoms with Crippen molar-refractivity contribution in [1.29, 1.82) is 0 Å². The Morgan fingerprint density at radius 2 is 1.71 bits per heavy atom. The maximum absolute atomic E-state index is 5.38. The van der Waals surface area contributed by atoms with Crippen molar-refractivity contribution in [2.45, 2.75) is 45.2 Å². The first kappa shape index (κ1) is 13.9. The number of hydrogen-bond acceptors (Lipinski definition) is 2. The van der Waals surface area contributed by atoms with Gasteiger partial charge >= 0.3 is 8.56 Å². The summed E-state index contributed by atoms with van der Waals surface area (Å²) in [5, 5.41) is 0. The summed E-state index contributed by atoms with van der Waals surface area (Å²) in [5.74, 6) is 0. The summed E-state index contributed by atoms with van der Waals surface area (Å²) in [6, 6.07) is 0.951. The first-order valence-electron chi connectivity index (χ1n) is 5.44. The maximum atomic E-state index is 5.38. The van der Waals surface area contributed by atoms with E-state index in [1.807, 2.05) is 0 Å². The van der Waals surface area contributed by atoms with E-state index in [1.165, 1.54) is 25.7 Å². The second kappa shape index (κ2) is 8.21. The highest BCUT2D eigenvalue weighted by atomic mass is 28.4. The Labute approximate surface area is 89.6 Å². The van der Waals surface area contributed by atoms with Crippen LogP contribution in [0.4, 0.5) is 0 Å². The lowest BCUT2D eigenvalue weighted by Crippen LogP contribution is -2.35. The van der Waals surface area contributed by atoms with Crippen molar-refractivity contribution in [3.8, 4) is 0 Å². The molecule has 0 aliphatic heterocycles. The van der Waals surface area contributed by atoms with E-state index in [0.717, 1.165) is 6.04 Å². The molecule has 2 nitrogen and oxygen atoms in total. The van der Waals surface area contributed by atoms with Crippen LogP contribution in [0, 0.1) is 0 Å². The zero-order valence-corrected chi connectivity index (χ0v) is 11.0. The molecule has 14 heavy (non-hydrogen) atoms. The van der Waals surface area contributed by atoms with Crippen LogP contribution < -0.4 is 0 Å².